The molecule has 2 aliphatic rings. The highest BCUT2D eigenvalue weighted by atomic mass is 32.2. The number of piperidine rings is 1. The molecule has 3 aromatic heterocycles. The van der Waals surface area contributed by atoms with Crippen molar-refractivity contribution in [2.24, 2.45) is 11.8 Å². The van der Waals surface area contributed by atoms with Crippen LogP contribution in [0.2, 0.25) is 0 Å². The van der Waals surface area contributed by atoms with Crippen molar-refractivity contribution < 1.29 is 17.5 Å². The van der Waals surface area contributed by atoms with Crippen LogP contribution < -0.4 is 4.74 Å². The zero-order valence-corrected chi connectivity index (χ0v) is 22.2. The second-order valence-corrected chi connectivity index (χ2v) is 12.8. The standard InChI is InChI=1S/C29H33FN4O3S/c30-24-7-9-25(10-8-24)37-18-21-2-1-15-34(17-21)38(35,36)19-20-3-5-22(6-4-20)28-27-23(11-13-31-28)16-33-29-26(27)12-14-32-29/h7-14,16,20-22,31H,1-6,15,17-19H2. The van der Waals surface area contributed by atoms with Gasteiger partial charge in [0.25, 0.3) is 0 Å². The van der Waals surface area contributed by atoms with E-state index in [1.807, 2.05) is 24.5 Å². The van der Waals surface area contributed by atoms with Gasteiger partial charge >= 0.3 is 0 Å². The summed E-state index contributed by atoms with van der Waals surface area (Å²) < 4.78 is 47.4. The number of aromatic amines is 1. The molecule has 1 N–H and O–H groups in total. The number of hydrogen-bond donors (Lipinski definition) is 1. The molecule has 0 amide bonds. The Bertz CT molecular complexity index is 1510. The van der Waals surface area contributed by atoms with Gasteiger partial charge < -0.3 is 9.72 Å². The number of nitrogens with zero attached hydrogens (tertiary/aromatic N) is 3. The SMILES string of the molecule is O=S(=O)(CC1CCC(c2[nH]ccc3cnc4nccc4c23)CC1)N1CCCC(COc2ccc(F)cc2)C1. The summed E-state index contributed by atoms with van der Waals surface area (Å²) in [5, 5.41) is 3.36. The van der Waals surface area contributed by atoms with Crippen LogP contribution in [0.4, 0.5) is 4.39 Å². The van der Waals surface area contributed by atoms with Gasteiger partial charge in [-0.2, -0.15) is 0 Å². The van der Waals surface area contributed by atoms with E-state index in [9.17, 15) is 12.8 Å². The van der Waals surface area contributed by atoms with Crippen molar-refractivity contribution in [2.45, 2.75) is 44.4 Å². The van der Waals surface area contributed by atoms with Crippen molar-refractivity contribution in [1.82, 2.24) is 19.3 Å². The van der Waals surface area contributed by atoms with E-state index >= 15 is 0 Å². The van der Waals surface area contributed by atoms with Gasteiger partial charge in [0.15, 0.2) is 5.65 Å². The summed E-state index contributed by atoms with van der Waals surface area (Å²) in [5.74, 6) is 1.19. The highest BCUT2D eigenvalue weighted by Crippen LogP contribution is 2.40. The lowest BCUT2D eigenvalue weighted by atomic mass is 9.80. The van der Waals surface area contributed by atoms with Crippen molar-refractivity contribution >= 4 is 31.8 Å². The largest absolute Gasteiger partial charge is 0.493 e. The minimum Gasteiger partial charge on any atom is -0.493 e. The molecular weight excluding hydrogens is 503 g/mol. The molecule has 1 aliphatic carbocycles. The van der Waals surface area contributed by atoms with Crippen LogP contribution in [0.1, 0.15) is 50.1 Å². The van der Waals surface area contributed by atoms with Crippen molar-refractivity contribution in [3.05, 3.63) is 66.5 Å². The van der Waals surface area contributed by atoms with E-state index in [4.69, 9.17) is 4.74 Å². The van der Waals surface area contributed by atoms with Gasteiger partial charge in [0, 0.05) is 59.5 Å². The summed E-state index contributed by atoms with van der Waals surface area (Å²) in [4.78, 5) is 12.3. The molecule has 1 aromatic carbocycles. The zero-order chi connectivity index (χ0) is 26.1. The molecule has 2 fully saturated rings. The predicted molar refractivity (Wildman–Crippen MR) is 146 cm³/mol. The Balaban J connectivity index is 1.07. The molecule has 7 nitrogen and oxygen atoms in total. The molecule has 38 heavy (non-hydrogen) atoms. The first-order chi connectivity index (χ1) is 18.5. The summed E-state index contributed by atoms with van der Waals surface area (Å²) >= 11 is 0. The van der Waals surface area contributed by atoms with Crippen LogP contribution in [0, 0.1) is 17.7 Å². The number of benzene rings is 1. The highest BCUT2D eigenvalue weighted by Gasteiger charge is 2.33. The molecule has 0 radical (unpaired) electrons. The number of halogens is 1. The van der Waals surface area contributed by atoms with E-state index in [1.54, 1.807) is 22.6 Å². The van der Waals surface area contributed by atoms with Gasteiger partial charge in [0.05, 0.1) is 12.4 Å². The zero-order valence-electron chi connectivity index (χ0n) is 21.4. The first kappa shape index (κ1) is 25.2. The third-order valence-corrected chi connectivity index (χ3v) is 10.2. The summed E-state index contributed by atoms with van der Waals surface area (Å²) in [7, 11) is -3.34. The van der Waals surface area contributed by atoms with Gasteiger partial charge in [-0.25, -0.2) is 27.1 Å². The normalized spacial score (nSPS) is 23.1. The summed E-state index contributed by atoms with van der Waals surface area (Å²) in [6.45, 7) is 1.50. The lowest BCUT2D eigenvalue weighted by molar-refractivity contribution is 0.179. The number of aromatic nitrogens is 3. The van der Waals surface area contributed by atoms with Gasteiger partial charge in [-0.3, -0.25) is 0 Å². The average molecular weight is 537 g/mol. The molecule has 4 aromatic rings. The van der Waals surface area contributed by atoms with Gasteiger partial charge in [0.1, 0.15) is 11.6 Å². The van der Waals surface area contributed by atoms with Crippen molar-refractivity contribution in [3.63, 3.8) is 0 Å². The fourth-order valence-electron chi connectivity index (χ4n) is 6.20. The Morgan fingerprint density at radius 2 is 1.82 bits per heavy atom. The predicted octanol–water partition coefficient (Wildman–Crippen LogP) is 5.64. The Morgan fingerprint density at radius 3 is 2.63 bits per heavy atom. The van der Waals surface area contributed by atoms with Crippen LogP contribution >= 0.6 is 0 Å². The average Bonchev–Trinajstić information content (AvgIpc) is 3.42. The van der Waals surface area contributed by atoms with Gasteiger partial charge in [-0.15, -0.1) is 0 Å². The monoisotopic (exact) mass is 536 g/mol. The maximum Gasteiger partial charge on any atom is 0.214 e. The highest BCUT2D eigenvalue weighted by molar-refractivity contribution is 7.89. The molecule has 9 heteroatoms. The van der Waals surface area contributed by atoms with E-state index in [1.165, 1.54) is 23.2 Å². The topological polar surface area (TPSA) is 88.2 Å². The van der Waals surface area contributed by atoms with Gasteiger partial charge in [-0.1, -0.05) is 0 Å². The van der Waals surface area contributed by atoms with Crippen molar-refractivity contribution in [2.75, 3.05) is 25.4 Å². The minimum atomic E-state index is -3.34. The second-order valence-electron chi connectivity index (χ2n) is 10.8. The number of ether oxygens (including phenoxy) is 1. The molecule has 1 unspecified atom stereocenters. The van der Waals surface area contributed by atoms with Crippen LogP contribution in [0.5, 0.6) is 5.75 Å². The summed E-state index contributed by atoms with van der Waals surface area (Å²) in [6.07, 6.45) is 11.1. The lowest BCUT2D eigenvalue weighted by Gasteiger charge is -2.34. The third-order valence-electron chi connectivity index (χ3n) is 8.21. The van der Waals surface area contributed by atoms with E-state index in [0.717, 1.165) is 54.9 Å². The van der Waals surface area contributed by atoms with Crippen LogP contribution in [0.3, 0.4) is 0 Å². The number of H-pyrrole nitrogens is 1. The van der Waals surface area contributed by atoms with Crippen LogP contribution in [-0.2, 0) is 10.0 Å². The second kappa shape index (κ2) is 10.6. The molecule has 0 spiro atoms. The maximum atomic E-state index is 13.4. The van der Waals surface area contributed by atoms with Crippen LogP contribution in [0.25, 0.3) is 21.8 Å². The third kappa shape index (κ3) is 5.27. The first-order valence-corrected chi connectivity index (χ1v) is 15.1. The fourth-order valence-corrected chi connectivity index (χ4v) is 8.18. The molecule has 1 atom stereocenters. The Kier molecular flexibility index (Phi) is 7.05. The molecule has 1 aliphatic heterocycles. The molecule has 0 bridgehead atoms. The molecular formula is C29H33FN4O3S. The minimum absolute atomic E-state index is 0.137. The number of hydrogen-bond acceptors (Lipinski definition) is 5. The van der Waals surface area contributed by atoms with E-state index in [2.05, 4.69) is 15.0 Å². The molecule has 4 heterocycles. The lowest BCUT2D eigenvalue weighted by Crippen LogP contribution is -2.43. The van der Waals surface area contributed by atoms with Crippen molar-refractivity contribution in [1.29, 1.82) is 0 Å². The Labute approximate surface area is 222 Å². The number of sulfonamides is 1. The van der Waals surface area contributed by atoms with Gasteiger partial charge in [0.2, 0.25) is 10.0 Å². The van der Waals surface area contributed by atoms with E-state index in [0.29, 0.717) is 31.4 Å². The summed E-state index contributed by atoms with van der Waals surface area (Å²) in [5.41, 5.74) is 1.98. The number of fused-ring (bicyclic) bond motifs is 3. The molecule has 1 saturated heterocycles. The maximum absolute atomic E-state index is 13.4. The molecule has 6 rings (SSSR count). The molecule has 200 valence electrons. The number of pyridine rings is 2. The van der Waals surface area contributed by atoms with Gasteiger partial charge in [-0.05, 0) is 86.8 Å². The van der Waals surface area contributed by atoms with Crippen LogP contribution in [-0.4, -0.2) is 53.1 Å². The Hall–Kier alpha value is -3.04. The van der Waals surface area contributed by atoms with E-state index in [-0.39, 0.29) is 23.4 Å². The fraction of sp³-hybridized carbons (Fsp3) is 0.448. The summed E-state index contributed by atoms with van der Waals surface area (Å²) in [6, 6.07) is 10.0. The number of nitrogens with one attached hydrogen (secondary N) is 1. The smallest absolute Gasteiger partial charge is 0.214 e. The Morgan fingerprint density at radius 1 is 1.00 bits per heavy atom. The van der Waals surface area contributed by atoms with Crippen molar-refractivity contribution in [3.8, 4) is 5.75 Å². The molecule has 1 saturated carbocycles. The van der Waals surface area contributed by atoms with Crippen LogP contribution in [0.15, 0.2) is 55.0 Å². The quantitative estimate of drug-likeness (QED) is 0.330. The first-order valence-electron chi connectivity index (χ1n) is 13.5. The van der Waals surface area contributed by atoms with E-state index < -0.39 is 10.0 Å². The number of rotatable bonds is 7.